The second kappa shape index (κ2) is 6.77. The molecule has 1 aromatic carbocycles. The first-order valence-corrected chi connectivity index (χ1v) is 9.35. The van der Waals surface area contributed by atoms with E-state index in [1.54, 1.807) is 10.9 Å². The molecule has 0 N–H and O–H groups in total. The topological polar surface area (TPSA) is 3.24 Å². The van der Waals surface area contributed by atoms with E-state index in [0.717, 1.165) is 6.42 Å². The first kappa shape index (κ1) is 15.5. The van der Waals surface area contributed by atoms with Gasteiger partial charge in [-0.1, -0.05) is 66.8 Å². The van der Waals surface area contributed by atoms with Crippen LogP contribution in [0.15, 0.2) is 77.7 Å². The highest BCUT2D eigenvalue weighted by atomic mass is 31.1. The Hall–Kier alpha value is -1.43. The van der Waals surface area contributed by atoms with Gasteiger partial charge in [0.1, 0.15) is 0 Å². The minimum absolute atomic E-state index is 0.362. The van der Waals surface area contributed by atoms with Crippen LogP contribution in [0, 0.1) is 0 Å². The van der Waals surface area contributed by atoms with Crippen molar-refractivity contribution >= 4 is 13.2 Å². The summed E-state index contributed by atoms with van der Waals surface area (Å²) in [5, 5.41) is 3.05. The van der Waals surface area contributed by atoms with Crippen LogP contribution < -0.4 is 5.30 Å². The Bertz CT molecular complexity index is 625. The molecule has 0 aromatic heterocycles. The van der Waals surface area contributed by atoms with E-state index in [0.29, 0.717) is 11.7 Å². The zero-order valence-corrected chi connectivity index (χ0v) is 14.5. The highest BCUT2D eigenvalue weighted by Gasteiger charge is 2.28. The Morgan fingerprint density at radius 1 is 1.09 bits per heavy atom. The Balaban J connectivity index is 2.05. The molecule has 0 bridgehead atoms. The van der Waals surface area contributed by atoms with E-state index in [9.17, 15) is 0 Å². The van der Waals surface area contributed by atoms with Crippen LogP contribution in [0.1, 0.15) is 13.3 Å². The second-order valence-electron chi connectivity index (χ2n) is 6.12. The quantitative estimate of drug-likeness (QED) is 0.726. The van der Waals surface area contributed by atoms with E-state index in [-0.39, 0.29) is 7.92 Å². The molecule has 2 heteroatoms. The van der Waals surface area contributed by atoms with Gasteiger partial charge in [0.25, 0.3) is 0 Å². The van der Waals surface area contributed by atoms with E-state index < -0.39 is 0 Å². The zero-order valence-electron chi connectivity index (χ0n) is 13.6. The maximum atomic E-state index is 2.38. The van der Waals surface area contributed by atoms with Gasteiger partial charge in [0.2, 0.25) is 0 Å². The maximum Gasteiger partial charge on any atom is 0.0285 e. The van der Waals surface area contributed by atoms with E-state index in [1.165, 1.54) is 5.30 Å². The van der Waals surface area contributed by atoms with Crippen molar-refractivity contribution in [1.82, 2.24) is 4.90 Å². The first-order valence-electron chi connectivity index (χ1n) is 7.94. The average molecular weight is 309 g/mol. The lowest BCUT2D eigenvalue weighted by Gasteiger charge is -2.29. The molecule has 2 aliphatic rings. The van der Waals surface area contributed by atoms with E-state index in [1.807, 2.05) is 0 Å². The number of benzene rings is 1. The monoisotopic (exact) mass is 309 g/mol. The normalized spacial score (nSPS) is 20.4. The van der Waals surface area contributed by atoms with Gasteiger partial charge in [-0.3, -0.25) is 0 Å². The minimum Gasteiger partial charge on any atom is -0.303 e. The summed E-state index contributed by atoms with van der Waals surface area (Å²) >= 11 is 0. The van der Waals surface area contributed by atoms with E-state index >= 15 is 0 Å². The van der Waals surface area contributed by atoms with Crippen LogP contribution in [0.4, 0.5) is 0 Å². The summed E-state index contributed by atoms with van der Waals surface area (Å²) in [6.45, 7) is 2.32. The van der Waals surface area contributed by atoms with Gasteiger partial charge in [0.15, 0.2) is 0 Å². The molecule has 3 rings (SSSR count). The smallest absolute Gasteiger partial charge is 0.0285 e. The van der Waals surface area contributed by atoms with Crippen molar-refractivity contribution in [3.63, 3.8) is 0 Å². The maximum absolute atomic E-state index is 2.38. The molecule has 2 atom stereocenters. The van der Waals surface area contributed by atoms with Crippen LogP contribution in [-0.2, 0) is 0 Å². The fraction of sp³-hybridized carbons (Fsp3) is 0.300. The number of allylic oxidation sites excluding steroid dienone is 7. The van der Waals surface area contributed by atoms with Gasteiger partial charge in [-0.2, -0.15) is 0 Å². The summed E-state index contributed by atoms with van der Waals surface area (Å²) in [5.41, 5.74) is 2.12. The minimum atomic E-state index is -0.362. The van der Waals surface area contributed by atoms with Crippen LogP contribution in [-0.4, -0.2) is 30.7 Å². The first-order chi connectivity index (χ1) is 10.7. The highest BCUT2D eigenvalue weighted by Crippen LogP contribution is 2.54. The third-order valence-corrected chi connectivity index (χ3v) is 7.29. The Labute approximate surface area is 135 Å². The summed E-state index contributed by atoms with van der Waals surface area (Å²) in [5.74, 6) is 0. The summed E-state index contributed by atoms with van der Waals surface area (Å²) in [4.78, 5) is 2.32. The van der Waals surface area contributed by atoms with Gasteiger partial charge in [-0.15, -0.1) is 0 Å². The largest absolute Gasteiger partial charge is 0.303 e. The summed E-state index contributed by atoms with van der Waals surface area (Å²) in [6.07, 6.45) is 14.9. The highest BCUT2D eigenvalue weighted by molar-refractivity contribution is 7.71. The fourth-order valence-electron chi connectivity index (χ4n) is 3.09. The lowest BCUT2D eigenvalue weighted by atomic mass is 10.1. The number of hydrogen-bond donors (Lipinski definition) is 0. The molecule has 0 saturated heterocycles. The summed E-state index contributed by atoms with van der Waals surface area (Å²) in [7, 11) is 3.99. The molecule has 0 fully saturated rings. The third-order valence-electron chi connectivity index (χ3n) is 4.54. The standard InChI is InChI=1S/C20H24NP/c1-16(21(2)3)19-14-9-15-20(19)22(18-12-7-8-13-18)17-10-5-4-6-11-17/h4-13,15-16,18H,14H2,1-3H3/t16-,22+/m1/s1. The van der Waals surface area contributed by atoms with Crippen LogP contribution >= 0.6 is 7.92 Å². The number of likely N-dealkylation sites (N-methyl/N-ethyl adjacent to an activating group) is 1. The molecule has 0 aliphatic heterocycles. The van der Waals surface area contributed by atoms with Crippen molar-refractivity contribution in [3.05, 3.63) is 77.7 Å². The fourth-order valence-corrected chi connectivity index (χ4v) is 5.93. The van der Waals surface area contributed by atoms with Gasteiger partial charge in [0, 0.05) is 11.7 Å². The van der Waals surface area contributed by atoms with Gasteiger partial charge in [0.05, 0.1) is 0 Å². The molecule has 1 nitrogen and oxygen atoms in total. The predicted molar refractivity (Wildman–Crippen MR) is 99.0 cm³/mol. The molecule has 0 radical (unpaired) electrons. The van der Waals surface area contributed by atoms with Crippen LogP contribution in [0.25, 0.3) is 0 Å². The SMILES string of the molecule is C[C@H](C1=C([P@@](c2ccccc2)C2C=CC=C2)C=CC1)N(C)C. The molecule has 0 amide bonds. The average Bonchev–Trinajstić information content (AvgIpc) is 3.20. The number of hydrogen-bond acceptors (Lipinski definition) is 1. The van der Waals surface area contributed by atoms with Crippen molar-refractivity contribution in [2.24, 2.45) is 0 Å². The molecule has 1 aromatic rings. The molecule has 114 valence electrons. The molecular weight excluding hydrogens is 285 g/mol. The third kappa shape index (κ3) is 3.02. The van der Waals surface area contributed by atoms with Crippen LogP contribution in [0.5, 0.6) is 0 Å². The second-order valence-corrected chi connectivity index (χ2v) is 8.46. The molecule has 0 heterocycles. The van der Waals surface area contributed by atoms with Crippen molar-refractivity contribution < 1.29 is 0 Å². The van der Waals surface area contributed by atoms with Crippen molar-refractivity contribution in [3.8, 4) is 0 Å². The van der Waals surface area contributed by atoms with Gasteiger partial charge in [-0.25, -0.2) is 0 Å². The number of rotatable bonds is 5. The zero-order chi connectivity index (χ0) is 15.5. The van der Waals surface area contributed by atoms with Crippen molar-refractivity contribution in [2.45, 2.75) is 25.0 Å². The summed E-state index contributed by atoms with van der Waals surface area (Å²) < 4.78 is 0. The van der Waals surface area contributed by atoms with Gasteiger partial charge < -0.3 is 4.90 Å². The van der Waals surface area contributed by atoms with Crippen molar-refractivity contribution in [2.75, 3.05) is 14.1 Å². The molecule has 0 spiro atoms. The predicted octanol–water partition coefficient (Wildman–Crippen LogP) is 4.45. The lowest BCUT2D eigenvalue weighted by molar-refractivity contribution is 0.348. The summed E-state index contributed by atoms with van der Waals surface area (Å²) in [6, 6.07) is 11.5. The Kier molecular flexibility index (Phi) is 4.76. The Morgan fingerprint density at radius 3 is 2.41 bits per heavy atom. The number of nitrogens with zero attached hydrogens (tertiary/aromatic N) is 1. The van der Waals surface area contributed by atoms with Gasteiger partial charge in [-0.05, 0) is 51.6 Å². The van der Waals surface area contributed by atoms with E-state index in [4.69, 9.17) is 0 Å². The molecule has 2 aliphatic carbocycles. The van der Waals surface area contributed by atoms with Crippen LogP contribution in [0.2, 0.25) is 0 Å². The molecule has 22 heavy (non-hydrogen) atoms. The van der Waals surface area contributed by atoms with Gasteiger partial charge >= 0.3 is 0 Å². The lowest BCUT2D eigenvalue weighted by Crippen LogP contribution is -2.27. The Morgan fingerprint density at radius 2 is 1.77 bits per heavy atom. The molecule has 0 unspecified atom stereocenters. The molecule has 0 saturated carbocycles. The van der Waals surface area contributed by atoms with E-state index in [2.05, 4.69) is 92.7 Å². The molecular formula is C20H24NP. The van der Waals surface area contributed by atoms with Crippen molar-refractivity contribution in [1.29, 1.82) is 0 Å². The van der Waals surface area contributed by atoms with Crippen LogP contribution in [0.3, 0.4) is 0 Å².